The van der Waals surface area contributed by atoms with Gasteiger partial charge in [-0.15, -0.1) is 11.3 Å². The van der Waals surface area contributed by atoms with Gasteiger partial charge in [0.1, 0.15) is 10.0 Å². The Morgan fingerprint density at radius 3 is 2.35 bits per heavy atom. The zero-order valence-electron chi connectivity index (χ0n) is 12.7. The van der Waals surface area contributed by atoms with Gasteiger partial charge in [-0.2, -0.15) is 4.31 Å². The molecule has 0 N–H and O–H groups in total. The molecule has 0 atom stereocenters. The van der Waals surface area contributed by atoms with Gasteiger partial charge in [0, 0.05) is 32.7 Å². The van der Waals surface area contributed by atoms with Gasteiger partial charge in [0.05, 0.1) is 0 Å². The van der Waals surface area contributed by atoms with Crippen molar-refractivity contribution in [1.29, 1.82) is 0 Å². The molecule has 1 aliphatic rings. The first-order chi connectivity index (χ1) is 11.1. The quantitative estimate of drug-likeness (QED) is 0.828. The van der Waals surface area contributed by atoms with E-state index >= 15 is 0 Å². The maximum atomic E-state index is 12.9. The molecule has 23 heavy (non-hydrogen) atoms. The van der Waals surface area contributed by atoms with Gasteiger partial charge in [0.2, 0.25) is 0 Å². The van der Waals surface area contributed by atoms with Crippen LogP contribution in [0.3, 0.4) is 0 Å². The Kier molecular flexibility index (Phi) is 5.11. The SMILES string of the molecule is O=S(=O)(c1cccs1)N1CCN(CCc2ccc(F)cc2)CC1. The van der Waals surface area contributed by atoms with E-state index in [1.165, 1.54) is 23.5 Å². The highest BCUT2D eigenvalue weighted by atomic mass is 32.2. The molecule has 0 unspecified atom stereocenters. The summed E-state index contributed by atoms with van der Waals surface area (Å²) in [6.07, 6.45) is 0.845. The number of rotatable bonds is 5. The molecular weight excluding hydrogens is 335 g/mol. The van der Waals surface area contributed by atoms with Gasteiger partial charge >= 0.3 is 0 Å². The van der Waals surface area contributed by atoms with E-state index < -0.39 is 10.0 Å². The summed E-state index contributed by atoms with van der Waals surface area (Å²) in [6.45, 7) is 3.35. The number of hydrogen-bond acceptors (Lipinski definition) is 4. The largest absolute Gasteiger partial charge is 0.300 e. The third kappa shape index (κ3) is 3.98. The van der Waals surface area contributed by atoms with E-state index in [1.807, 2.05) is 0 Å². The normalized spacial score (nSPS) is 17.4. The third-order valence-electron chi connectivity index (χ3n) is 4.05. The number of thiophene rings is 1. The molecule has 1 fully saturated rings. The van der Waals surface area contributed by atoms with Crippen LogP contribution < -0.4 is 0 Å². The van der Waals surface area contributed by atoms with E-state index in [9.17, 15) is 12.8 Å². The van der Waals surface area contributed by atoms with Crippen molar-refractivity contribution in [2.24, 2.45) is 0 Å². The van der Waals surface area contributed by atoms with Gasteiger partial charge in [0.25, 0.3) is 10.0 Å². The fourth-order valence-electron chi connectivity index (χ4n) is 2.67. The maximum Gasteiger partial charge on any atom is 0.252 e. The van der Waals surface area contributed by atoms with Crippen molar-refractivity contribution in [1.82, 2.24) is 9.21 Å². The number of benzene rings is 1. The van der Waals surface area contributed by atoms with E-state index in [0.29, 0.717) is 17.3 Å². The van der Waals surface area contributed by atoms with Crippen LogP contribution in [0, 0.1) is 5.82 Å². The molecule has 0 spiro atoms. The monoisotopic (exact) mass is 354 g/mol. The molecule has 3 rings (SSSR count). The minimum absolute atomic E-state index is 0.221. The van der Waals surface area contributed by atoms with Crippen molar-refractivity contribution in [3.8, 4) is 0 Å². The van der Waals surface area contributed by atoms with Crippen LogP contribution in [0.2, 0.25) is 0 Å². The molecule has 124 valence electrons. The predicted octanol–water partition coefficient (Wildman–Crippen LogP) is 2.44. The molecule has 0 bridgehead atoms. The molecule has 1 saturated heterocycles. The van der Waals surface area contributed by atoms with Crippen LogP contribution in [0.4, 0.5) is 4.39 Å². The molecule has 0 aliphatic carbocycles. The van der Waals surface area contributed by atoms with E-state index in [2.05, 4.69) is 4.90 Å². The number of hydrogen-bond donors (Lipinski definition) is 0. The van der Waals surface area contributed by atoms with Crippen LogP contribution >= 0.6 is 11.3 Å². The van der Waals surface area contributed by atoms with Gasteiger partial charge < -0.3 is 4.90 Å². The van der Waals surface area contributed by atoms with Crippen molar-refractivity contribution in [3.05, 3.63) is 53.2 Å². The summed E-state index contributed by atoms with van der Waals surface area (Å²) in [4.78, 5) is 2.25. The van der Waals surface area contributed by atoms with E-state index in [-0.39, 0.29) is 5.82 Å². The summed E-state index contributed by atoms with van der Waals surface area (Å²) in [5.41, 5.74) is 1.10. The number of nitrogens with zero attached hydrogens (tertiary/aromatic N) is 2. The van der Waals surface area contributed by atoms with E-state index in [0.717, 1.165) is 31.6 Å². The van der Waals surface area contributed by atoms with Crippen molar-refractivity contribution in [3.63, 3.8) is 0 Å². The van der Waals surface area contributed by atoms with Crippen molar-refractivity contribution >= 4 is 21.4 Å². The summed E-state index contributed by atoms with van der Waals surface area (Å²) < 4.78 is 39.8. The minimum Gasteiger partial charge on any atom is -0.300 e. The molecule has 2 aromatic rings. The first-order valence-electron chi connectivity index (χ1n) is 7.56. The molecular formula is C16H19FN2O2S2. The van der Waals surface area contributed by atoms with Crippen LogP contribution in [-0.2, 0) is 16.4 Å². The molecule has 7 heteroatoms. The highest BCUT2D eigenvalue weighted by Gasteiger charge is 2.28. The lowest BCUT2D eigenvalue weighted by Gasteiger charge is -2.33. The van der Waals surface area contributed by atoms with Gasteiger partial charge in [0.15, 0.2) is 0 Å². The Morgan fingerprint density at radius 1 is 1.04 bits per heavy atom. The lowest BCUT2D eigenvalue weighted by molar-refractivity contribution is 0.190. The highest BCUT2D eigenvalue weighted by molar-refractivity contribution is 7.91. The van der Waals surface area contributed by atoms with Crippen molar-refractivity contribution in [2.45, 2.75) is 10.6 Å². The predicted molar refractivity (Wildman–Crippen MR) is 89.6 cm³/mol. The van der Waals surface area contributed by atoms with E-state index in [4.69, 9.17) is 0 Å². The van der Waals surface area contributed by atoms with Crippen LogP contribution in [0.25, 0.3) is 0 Å². The zero-order chi connectivity index (χ0) is 16.3. The molecule has 2 heterocycles. The van der Waals surface area contributed by atoms with Crippen LogP contribution in [0.15, 0.2) is 46.0 Å². The molecule has 0 saturated carbocycles. The third-order valence-corrected chi connectivity index (χ3v) is 7.32. The topological polar surface area (TPSA) is 40.6 Å². The fraction of sp³-hybridized carbons (Fsp3) is 0.375. The first kappa shape index (κ1) is 16.6. The lowest BCUT2D eigenvalue weighted by atomic mass is 10.1. The second-order valence-corrected chi connectivity index (χ2v) is 8.67. The minimum atomic E-state index is -3.33. The van der Waals surface area contributed by atoms with Crippen molar-refractivity contribution < 1.29 is 12.8 Å². The average molecular weight is 354 g/mol. The average Bonchev–Trinajstić information content (AvgIpc) is 3.10. The Labute approximate surface area is 140 Å². The molecule has 4 nitrogen and oxygen atoms in total. The number of piperazine rings is 1. The summed E-state index contributed by atoms with van der Waals surface area (Å²) in [7, 11) is -3.33. The summed E-state index contributed by atoms with van der Waals surface area (Å²) in [6, 6.07) is 9.96. The molecule has 1 aromatic heterocycles. The van der Waals surface area contributed by atoms with Gasteiger partial charge in [-0.05, 0) is 35.6 Å². The van der Waals surface area contributed by atoms with Gasteiger partial charge in [-0.1, -0.05) is 18.2 Å². The smallest absolute Gasteiger partial charge is 0.252 e. The molecule has 0 radical (unpaired) electrons. The van der Waals surface area contributed by atoms with Crippen molar-refractivity contribution in [2.75, 3.05) is 32.7 Å². The maximum absolute atomic E-state index is 12.9. The highest BCUT2D eigenvalue weighted by Crippen LogP contribution is 2.22. The molecule has 1 aromatic carbocycles. The standard InChI is InChI=1S/C16H19FN2O2S2/c17-15-5-3-14(4-6-15)7-8-18-9-11-19(12-10-18)23(20,21)16-2-1-13-22-16/h1-6,13H,7-12H2. The Morgan fingerprint density at radius 2 is 1.74 bits per heavy atom. The first-order valence-corrected chi connectivity index (χ1v) is 9.88. The summed E-state index contributed by atoms with van der Waals surface area (Å²) in [5, 5.41) is 1.78. The number of sulfonamides is 1. The second-order valence-electron chi connectivity index (χ2n) is 5.55. The Hall–Kier alpha value is -1.28. The molecule has 1 aliphatic heterocycles. The van der Waals surface area contributed by atoms with Gasteiger partial charge in [-0.25, -0.2) is 12.8 Å². The Balaban J connectivity index is 1.51. The number of halogens is 1. The lowest BCUT2D eigenvalue weighted by Crippen LogP contribution is -2.48. The summed E-state index contributed by atoms with van der Waals surface area (Å²) >= 11 is 1.26. The van der Waals surface area contributed by atoms with Crippen LogP contribution in [0.5, 0.6) is 0 Å². The van der Waals surface area contributed by atoms with Crippen LogP contribution in [0.1, 0.15) is 5.56 Å². The fourth-order valence-corrected chi connectivity index (χ4v) is 5.24. The van der Waals surface area contributed by atoms with Gasteiger partial charge in [-0.3, -0.25) is 0 Å². The van der Waals surface area contributed by atoms with E-state index in [1.54, 1.807) is 34.0 Å². The zero-order valence-corrected chi connectivity index (χ0v) is 14.3. The molecule has 0 amide bonds. The van der Waals surface area contributed by atoms with Crippen LogP contribution in [-0.4, -0.2) is 50.3 Å². The Bertz CT molecular complexity index is 722. The second kappa shape index (κ2) is 7.09. The summed E-state index contributed by atoms with van der Waals surface area (Å²) in [5.74, 6) is -0.221.